The molecule has 7 nitrogen and oxygen atoms in total. The van der Waals surface area contributed by atoms with Crippen molar-refractivity contribution >= 4 is 17.6 Å². The van der Waals surface area contributed by atoms with Crippen molar-refractivity contribution in [2.75, 3.05) is 19.0 Å². The third kappa shape index (κ3) is 5.23. The van der Waals surface area contributed by atoms with Gasteiger partial charge in [-0.3, -0.25) is 9.59 Å². The summed E-state index contributed by atoms with van der Waals surface area (Å²) in [5.74, 6) is 0.673. The van der Waals surface area contributed by atoms with Crippen LogP contribution in [0.3, 0.4) is 0 Å². The Morgan fingerprint density at radius 2 is 2.09 bits per heavy atom. The molecule has 0 unspecified atom stereocenters. The molecule has 2 heterocycles. The number of aromatic nitrogens is 1. The second-order valence-corrected chi connectivity index (χ2v) is 4.92. The van der Waals surface area contributed by atoms with E-state index >= 15 is 0 Å². The van der Waals surface area contributed by atoms with E-state index in [4.69, 9.17) is 9.15 Å². The zero-order valence-electron chi connectivity index (χ0n) is 13.1. The van der Waals surface area contributed by atoms with Crippen molar-refractivity contribution in [2.24, 2.45) is 0 Å². The van der Waals surface area contributed by atoms with Crippen LogP contribution in [0.4, 0.5) is 5.82 Å². The lowest BCUT2D eigenvalue weighted by Gasteiger charge is -2.06. The van der Waals surface area contributed by atoms with Gasteiger partial charge in [0.1, 0.15) is 18.2 Å². The smallest absolute Gasteiger partial charge is 0.287 e. The first-order valence-corrected chi connectivity index (χ1v) is 7.18. The van der Waals surface area contributed by atoms with Gasteiger partial charge in [0.15, 0.2) is 5.76 Å². The quantitative estimate of drug-likeness (QED) is 0.813. The molecule has 2 rings (SSSR count). The van der Waals surface area contributed by atoms with Gasteiger partial charge in [-0.2, -0.15) is 0 Å². The van der Waals surface area contributed by atoms with Gasteiger partial charge in [0.25, 0.3) is 5.91 Å². The van der Waals surface area contributed by atoms with E-state index in [9.17, 15) is 9.59 Å². The number of rotatable bonds is 7. The third-order valence-corrected chi connectivity index (χ3v) is 2.97. The molecule has 2 aromatic heterocycles. The number of pyridine rings is 1. The predicted octanol–water partition coefficient (Wildman–Crippen LogP) is 1.89. The van der Waals surface area contributed by atoms with Crippen LogP contribution in [0.2, 0.25) is 0 Å². The second kappa shape index (κ2) is 8.09. The Balaban J connectivity index is 1.75. The van der Waals surface area contributed by atoms with Gasteiger partial charge in [-0.05, 0) is 31.2 Å². The Bertz CT molecular complexity index is 681. The van der Waals surface area contributed by atoms with Gasteiger partial charge in [0, 0.05) is 25.8 Å². The Morgan fingerprint density at radius 3 is 2.83 bits per heavy atom. The zero-order valence-corrected chi connectivity index (χ0v) is 13.1. The first kappa shape index (κ1) is 16.7. The fourth-order valence-corrected chi connectivity index (χ4v) is 1.91. The van der Waals surface area contributed by atoms with Gasteiger partial charge >= 0.3 is 0 Å². The predicted molar refractivity (Wildman–Crippen MR) is 84.0 cm³/mol. The van der Waals surface area contributed by atoms with E-state index in [0.717, 1.165) is 5.69 Å². The third-order valence-electron chi connectivity index (χ3n) is 2.97. The van der Waals surface area contributed by atoms with Gasteiger partial charge in [0.05, 0.1) is 0 Å². The monoisotopic (exact) mass is 317 g/mol. The van der Waals surface area contributed by atoms with Crippen molar-refractivity contribution < 1.29 is 18.7 Å². The summed E-state index contributed by atoms with van der Waals surface area (Å²) in [6.07, 6.45) is 0.146. The van der Waals surface area contributed by atoms with Gasteiger partial charge < -0.3 is 19.8 Å². The lowest BCUT2D eigenvalue weighted by atomic mass is 10.3. The summed E-state index contributed by atoms with van der Waals surface area (Å²) in [5, 5.41) is 5.30. The molecule has 0 aromatic carbocycles. The van der Waals surface area contributed by atoms with E-state index in [0.29, 0.717) is 18.2 Å². The summed E-state index contributed by atoms with van der Waals surface area (Å²) < 4.78 is 10.2. The van der Waals surface area contributed by atoms with E-state index < -0.39 is 0 Å². The van der Waals surface area contributed by atoms with E-state index in [1.165, 1.54) is 0 Å². The van der Waals surface area contributed by atoms with Gasteiger partial charge in [-0.15, -0.1) is 0 Å². The van der Waals surface area contributed by atoms with Crippen LogP contribution in [-0.2, 0) is 16.1 Å². The molecule has 0 radical (unpaired) electrons. The number of aryl methyl sites for hydroxylation is 1. The minimum atomic E-state index is -0.367. The number of amides is 2. The van der Waals surface area contributed by atoms with Crippen LogP contribution in [0.1, 0.15) is 28.4 Å². The SMILES string of the molecule is COCc1ccc(C(=O)NCCC(=O)Nc2cccc(C)n2)o1. The number of anilines is 1. The Morgan fingerprint density at radius 1 is 1.26 bits per heavy atom. The molecule has 0 fully saturated rings. The summed E-state index contributed by atoms with van der Waals surface area (Å²) in [6.45, 7) is 2.35. The average Bonchev–Trinajstić information content (AvgIpc) is 2.96. The van der Waals surface area contributed by atoms with Crippen LogP contribution in [0.5, 0.6) is 0 Å². The standard InChI is InChI=1S/C16H19N3O4/c1-11-4-3-5-14(18-11)19-15(20)8-9-17-16(21)13-7-6-12(23-13)10-22-2/h3-7H,8-10H2,1-2H3,(H,17,21)(H,18,19,20). The molecule has 7 heteroatoms. The maximum Gasteiger partial charge on any atom is 0.287 e. The summed E-state index contributed by atoms with van der Waals surface area (Å²) >= 11 is 0. The Kier molecular flexibility index (Phi) is 5.87. The van der Waals surface area contributed by atoms with Crippen LogP contribution in [0.15, 0.2) is 34.7 Å². The van der Waals surface area contributed by atoms with Crippen molar-refractivity contribution in [3.05, 3.63) is 47.5 Å². The van der Waals surface area contributed by atoms with Crippen molar-refractivity contribution in [1.82, 2.24) is 10.3 Å². The highest BCUT2D eigenvalue weighted by atomic mass is 16.5. The molecular weight excluding hydrogens is 298 g/mol. The number of furan rings is 1. The summed E-state index contributed by atoms with van der Waals surface area (Å²) in [6, 6.07) is 8.62. The van der Waals surface area contributed by atoms with Crippen molar-refractivity contribution in [3.8, 4) is 0 Å². The molecule has 2 N–H and O–H groups in total. The van der Waals surface area contributed by atoms with Crippen molar-refractivity contribution in [1.29, 1.82) is 0 Å². The van der Waals surface area contributed by atoms with Crippen LogP contribution >= 0.6 is 0 Å². The normalized spacial score (nSPS) is 10.3. The maximum absolute atomic E-state index is 11.9. The lowest BCUT2D eigenvalue weighted by Crippen LogP contribution is -2.27. The van der Waals surface area contributed by atoms with Crippen molar-refractivity contribution in [2.45, 2.75) is 20.0 Å². The largest absolute Gasteiger partial charge is 0.453 e. The van der Waals surface area contributed by atoms with Gasteiger partial charge in [-0.25, -0.2) is 4.98 Å². The van der Waals surface area contributed by atoms with E-state index in [1.807, 2.05) is 19.1 Å². The number of ether oxygens (including phenoxy) is 1. The molecule has 0 atom stereocenters. The zero-order chi connectivity index (χ0) is 16.7. The average molecular weight is 317 g/mol. The molecule has 23 heavy (non-hydrogen) atoms. The first-order chi connectivity index (χ1) is 11.1. The highest BCUT2D eigenvalue weighted by Crippen LogP contribution is 2.08. The molecule has 2 amide bonds. The number of nitrogens with one attached hydrogen (secondary N) is 2. The number of carbonyl (C=O) groups excluding carboxylic acids is 2. The molecule has 0 saturated heterocycles. The molecule has 0 aliphatic heterocycles. The van der Waals surface area contributed by atoms with Gasteiger partial charge in [-0.1, -0.05) is 6.07 Å². The van der Waals surface area contributed by atoms with E-state index in [1.54, 1.807) is 25.3 Å². The topological polar surface area (TPSA) is 93.5 Å². The van der Waals surface area contributed by atoms with E-state index in [2.05, 4.69) is 15.6 Å². The minimum absolute atomic E-state index is 0.146. The Hall–Kier alpha value is -2.67. The number of carbonyl (C=O) groups is 2. The number of methoxy groups -OCH3 is 1. The molecule has 0 spiro atoms. The summed E-state index contributed by atoms with van der Waals surface area (Å²) in [7, 11) is 1.55. The minimum Gasteiger partial charge on any atom is -0.453 e. The molecule has 2 aromatic rings. The fraction of sp³-hybridized carbons (Fsp3) is 0.312. The summed E-state index contributed by atoms with van der Waals surface area (Å²) in [5.41, 5.74) is 0.820. The number of hydrogen-bond acceptors (Lipinski definition) is 5. The highest BCUT2D eigenvalue weighted by Gasteiger charge is 2.11. The highest BCUT2D eigenvalue weighted by molar-refractivity contribution is 5.93. The molecule has 0 saturated carbocycles. The number of hydrogen-bond donors (Lipinski definition) is 2. The fourth-order valence-electron chi connectivity index (χ4n) is 1.91. The molecular formula is C16H19N3O4. The molecule has 122 valence electrons. The van der Waals surface area contributed by atoms with Gasteiger partial charge in [0.2, 0.25) is 5.91 Å². The second-order valence-electron chi connectivity index (χ2n) is 4.92. The molecule has 0 aliphatic carbocycles. The summed E-state index contributed by atoms with van der Waals surface area (Å²) in [4.78, 5) is 27.8. The van der Waals surface area contributed by atoms with Crippen molar-refractivity contribution in [3.63, 3.8) is 0 Å². The van der Waals surface area contributed by atoms with Crippen LogP contribution < -0.4 is 10.6 Å². The van der Waals surface area contributed by atoms with Crippen LogP contribution in [-0.4, -0.2) is 30.5 Å². The first-order valence-electron chi connectivity index (χ1n) is 7.18. The maximum atomic E-state index is 11.9. The number of nitrogens with zero attached hydrogens (tertiary/aromatic N) is 1. The molecule has 0 aliphatic rings. The molecule has 0 bridgehead atoms. The lowest BCUT2D eigenvalue weighted by molar-refractivity contribution is -0.116. The Labute approximate surface area is 134 Å². The van der Waals surface area contributed by atoms with Crippen LogP contribution in [0, 0.1) is 6.92 Å². The van der Waals surface area contributed by atoms with E-state index in [-0.39, 0.29) is 30.5 Å². The van der Waals surface area contributed by atoms with Crippen LogP contribution in [0.25, 0.3) is 0 Å².